The third kappa shape index (κ3) is 8.58. The van der Waals surface area contributed by atoms with E-state index in [0.717, 1.165) is 29.7 Å². The Morgan fingerprint density at radius 1 is 0.727 bits per heavy atom. The van der Waals surface area contributed by atoms with Gasteiger partial charge in [0.15, 0.2) is 0 Å². The van der Waals surface area contributed by atoms with Crippen molar-refractivity contribution >= 4 is 28.4 Å². The van der Waals surface area contributed by atoms with E-state index < -0.39 is 0 Å². The number of Topliss-reactive ketones (excluding diaryl/α,β-unsaturated/α-hetero) is 2. The van der Waals surface area contributed by atoms with Gasteiger partial charge in [-0.1, -0.05) is 118 Å². The molecule has 0 amide bonds. The van der Waals surface area contributed by atoms with E-state index >= 15 is 0 Å². The molecule has 176 valence electrons. The van der Waals surface area contributed by atoms with E-state index in [0.29, 0.717) is 5.56 Å². The Bertz CT molecular complexity index is 920. The van der Waals surface area contributed by atoms with Crippen LogP contribution in [0.3, 0.4) is 0 Å². The second-order valence-electron chi connectivity index (χ2n) is 9.06. The molecule has 4 heteroatoms. The van der Waals surface area contributed by atoms with Crippen molar-refractivity contribution < 1.29 is 14.4 Å². The summed E-state index contributed by atoms with van der Waals surface area (Å²) in [5, 5.41) is 0.191. The molecule has 0 radical (unpaired) electrons. The molecule has 0 atom stereocenters. The van der Waals surface area contributed by atoms with E-state index in [1.165, 1.54) is 81.5 Å². The molecule has 3 rings (SSSR count). The number of benzene rings is 2. The highest BCUT2D eigenvalue weighted by molar-refractivity contribution is 8.14. The van der Waals surface area contributed by atoms with Gasteiger partial charge in [0.05, 0.1) is 0 Å². The van der Waals surface area contributed by atoms with Crippen molar-refractivity contribution in [3.63, 3.8) is 0 Å². The first kappa shape index (κ1) is 25.4. The molecule has 0 heterocycles. The highest BCUT2D eigenvalue weighted by Crippen LogP contribution is 2.22. The van der Waals surface area contributed by atoms with Gasteiger partial charge in [0.1, 0.15) is 0 Å². The molecule has 0 aliphatic heterocycles. The molecule has 1 aliphatic carbocycles. The molecule has 0 fully saturated rings. The third-order valence-electron chi connectivity index (χ3n) is 6.37. The van der Waals surface area contributed by atoms with Crippen LogP contribution < -0.4 is 0 Å². The molecule has 0 aromatic heterocycles. The maximum atomic E-state index is 12.0. The lowest BCUT2D eigenvalue weighted by atomic mass is 10.0. The smallest absolute Gasteiger partial charge is 0.229 e. The second-order valence-corrected chi connectivity index (χ2v) is 10.1. The van der Waals surface area contributed by atoms with Crippen molar-refractivity contribution in [2.45, 2.75) is 83.5 Å². The molecule has 1 aliphatic rings. The summed E-state index contributed by atoms with van der Waals surface area (Å²) in [5.74, 6) is 0.345. The van der Waals surface area contributed by atoms with Crippen molar-refractivity contribution in [3.8, 4) is 0 Å². The van der Waals surface area contributed by atoms with Crippen LogP contribution in [0.1, 0.15) is 102 Å². The Kier molecular flexibility index (Phi) is 10.9. The van der Waals surface area contributed by atoms with Gasteiger partial charge in [0.25, 0.3) is 0 Å². The molecule has 0 unspecified atom stereocenters. The Balaban J connectivity index is 1.10. The number of fused-ring (bicyclic) bond motifs is 1. The number of rotatable bonds is 15. The van der Waals surface area contributed by atoms with E-state index in [1.807, 2.05) is 42.5 Å². The molecule has 0 N–H and O–H groups in total. The van der Waals surface area contributed by atoms with E-state index in [-0.39, 0.29) is 23.1 Å². The molecule has 2 aromatic rings. The zero-order valence-electron chi connectivity index (χ0n) is 19.7. The molecule has 33 heavy (non-hydrogen) atoms. The molecule has 3 nitrogen and oxygen atoms in total. The predicted octanol–water partition coefficient (Wildman–Crippen LogP) is 7.40. The normalized spacial score (nSPS) is 12.8. The number of carbonyl (C=O) groups excluding carboxylic acids is 3. The van der Waals surface area contributed by atoms with Gasteiger partial charge in [-0.05, 0) is 30.4 Å². The van der Waals surface area contributed by atoms with Crippen molar-refractivity contribution in [1.29, 1.82) is 0 Å². The van der Waals surface area contributed by atoms with Crippen molar-refractivity contribution in [3.05, 3.63) is 70.8 Å². The Labute approximate surface area is 202 Å². The lowest BCUT2D eigenvalue weighted by molar-refractivity contribution is -0.114. The van der Waals surface area contributed by atoms with E-state index in [4.69, 9.17) is 0 Å². The zero-order chi connectivity index (χ0) is 23.3. The molecule has 0 bridgehead atoms. The summed E-state index contributed by atoms with van der Waals surface area (Å²) < 4.78 is 0. The summed E-state index contributed by atoms with van der Waals surface area (Å²) in [6, 6.07) is 15.4. The molecular formula is C29H36O3S. The number of unbranched alkanes of at least 4 members (excludes halogenated alkanes) is 10. The minimum absolute atomic E-state index is 0.191. The molecule has 2 aromatic carbocycles. The molecule has 0 saturated heterocycles. The summed E-state index contributed by atoms with van der Waals surface area (Å²) >= 11 is 1.45. The van der Waals surface area contributed by atoms with Crippen molar-refractivity contribution in [1.82, 2.24) is 0 Å². The standard InChI is InChI=1S/C29H36O3S/c30-27-22-25-21-23(18-19-26(25)28(27)31)15-11-8-6-4-2-1-3-5-7-9-14-20-33-29(32)24-16-12-10-13-17-24/h10,12-13,16-19,21H,1-9,11,14-15,20,22H2. The third-order valence-corrected chi connectivity index (χ3v) is 7.36. The Morgan fingerprint density at radius 2 is 1.33 bits per heavy atom. The van der Waals surface area contributed by atoms with Crippen LogP contribution in [-0.4, -0.2) is 22.4 Å². The quantitative estimate of drug-likeness (QED) is 0.203. The fourth-order valence-corrected chi connectivity index (χ4v) is 5.26. The minimum Gasteiger partial charge on any atom is -0.290 e. The SMILES string of the molecule is O=C1Cc2cc(CCCCCCCCCCCCCSC(=O)c3ccccc3)ccc2C1=O. The average Bonchev–Trinajstić information content (AvgIpc) is 3.12. The lowest BCUT2D eigenvalue weighted by Crippen LogP contribution is -2.05. The highest BCUT2D eigenvalue weighted by atomic mass is 32.2. The first-order valence-corrected chi connectivity index (χ1v) is 13.6. The number of thioether (sulfide) groups is 1. The topological polar surface area (TPSA) is 51.2 Å². The molecular weight excluding hydrogens is 428 g/mol. The maximum Gasteiger partial charge on any atom is 0.229 e. The number of aryl methyl sites for hydroxylation is 1. The van der Waals surface area contributed by atoms with Crippen LogP contribution in [0.5, 0.6) is 0 Å². The van der Waals surface area contributed by atoms with Gasteiger partial charge in [0.2, 0.25) is 16.7 Å². The van der Waals surface area contributed by atoms with Crippen LogP contribution in [-0.2, 0) is 17.6 Å². The van der Waals surface area contributed by atoms with Crippen LogP contribution in [0.25, 0.3) is 0 Å². The summed E-state index contributed by atoms with van der Waals surface area (Å²) in [5.41, 5.74) is 3.59. The van der Waals surface area contributed by atoms with Gasteiger partial charge in [-0.3, -0.25) is 14.4 Å². The van der Waals surface area contributed by atoms with Crippen LogP contribution in [0.4, 0.5) is 0 Å². The Hall–Kier alpha value is -2.20. The highest BCUT2D eigenvalue weighted by Gasteiger charge is 2.27. The lowest BCUT2D eigenvalue weighted by Gasteiger charge is -2.05. The van der Waals surface area contributed by atoms with Crippen LogP contribution in [0.2, 0.25) is 0 Å². The van der Waals surface area contributed by atoms with Gasteiger partial charge in [0, 0.05) is 23.3 Å². The van der Waals surface area contributed by atoms with E-state index in [9.17, 15) is 14.4 Å². The largest absolute Gasteiger partial charge is 0.290 e. The van der Waals surface area contributed by atoms with Crippen LogP contribution in [0.15, 0.2) is 48.5 Å². The average molecular weight is 465 g/mol. The number of carbonyl (C=O) groups is 3. The van der Waals surface area contributed by atoms with Crippen LogP contribution >= 0.6 is 11.8 Å². The van der Waals surface area contributed by atoms with Crippen LogP contribution in [0, 0.1) is 0 Å². The fraction of sp³-hybridized carbons (Fsp3) is 0.483. The minimum atomic E-state index is -0.314. The molecule has 0 saturated carbocycles. The van der Waals surface area contributed by atoms with Gasteiger partial charge in [-0.25, -0.2) is 0 Å². The second kappa shape index (κ2) is 14.1. The summed E-state index contributed by atoms with van der Waals surface area (Å²) in [6.07, 6.45) is 15.2. The number of hydrogen-bond donors (Lipinski definition) is 0. The maximum absolute atomic E-state index is 12.0. The predicted molar refractivity (Wildman–Crippen MR) is 137 cm³/mol. The van der Waals surface area contributed by atoms with E-state index in [2.05, 4.69) is 6.07 Å². The summed E-state index contributed by atoms with van der Waals surface area (Å²) in [7, 11) is 0. The van der Waals surface area contributed by atoms with Crippen molar-refractivity contribution in [2.24, 2.45) is 0 Å². The van der Waals surface area contributed by atoms with Gasteiger partial charge in [-0.2, -0.15) is 0 Å². The number of ketones is 2. The van der Waals surface area contributed by atoms with E-state index in [1.54, 1.807) is 0 Å². The molecule has 0 spiro atoms. The Morgan fingerprint density at radius 3 is 2.00 bits per heavy atom. The van der Waals surface area contributed by atoms with Crippen molar-refractivity contribution in [2.75, 3.05) is 5.75 Å². The summed E-state index contributed by atoms with van der Waals surface area (Å²) in [4.78, 5) is 35.3. The number of hydrogen-bond acceptors (Lipinski definition) is 4. The zero-order valence-corrected chi connectivity index (χ0v) is 20.5. The van der Waals surface area contributed by atoms with Gasteiger partial charge in [-0.15, -0.1) is 0 Å². The first-order valence-electron chi connectivity index (χ1n) is 12.6. The first-order chi connectivity index (χ1) is 16.1. The fourth-order valence-electron chi connectivity index (χ4n) is 4.42. The summed E-state index contributed by atoms with van der Waals surface area (Å²) in [6.45, 7) is 0. The van der Waals surface area contributed by atoms with Gasteiger partial charge >= 0.3 is 0 Å². The van der Waals surface area contributed by atoms with Gasteiger partial charge < -0.3 is 0 Å². The monoisotopic (exact) mass is 464 g/mol.